The number of benzene rings is 3. The molecule has 5 rings (SSSR count). The summed E-state index contributed by atoms with van der Waals surface area (Å²) >= 11 is 1.83. The van der Waals surface area contributed by atoms with Gasteiger partial charge in [-0.15, -0.1) is 11.3 Å². The minimum absolute atomic E-state index is 0.0493. The molecular formula is C36H47N3S. The third-order valence-corrected chi connectivity index (χ3v) is 8.68. The van der Waals surface area contributed by atoms with Gasteiger partial charge in [0.1, 0.15) is 0 Å². The van der Waals surface area contributed by atoms with E-state index in [0.29, 0.717) is 0 Å². The Morgan fingerprint density at radius 3 is 1.75 bits per heavy atom. The zero-order chi connectivity index (χ0) is 29.7. The largest absolute Gasteiger partial charge is 0.361 e. The predicted molar refractivity (Wildman–Crippen MR) is 178 cm³/mol. The molecule has 40 heavy (non-hydrogen) atoms. The molecule has 0 N–H and O–H groups in total. The van der Waals surface area contributed by atoms with E-state index in [9.17, 15) is 0 Å². The molecule has 1 aromatic heterocycles. The Hall–Kier alpha value is -3.11. The summed E-state index contributed by atoms with van der Waals surface area (Å²) in [6.07, 6.45) is 2.32. The van der Waals surface area contributed by atoms with Crippen molar-refractivity contribution < 1.29 is 0 Å². The normalized spacial score (nSPS) is 13.6. The summed E-state index contributed by atoms with van der Waals surface area (Å²) in [5.41, 5.74) is 16.8. The van der Waals surface area contributed by atoms with Crippen molar-refractivity contribution in [3.05, 3.63) is 86.0 Å². The molecule has 4 aromatic rings. The van der Waals surface area contributed by atoms with E-state index in [-0.39, 0.29) is 5.41 Å². The standard InChI is InChI=1S/C34H41N3S.C2H6/c1-19-12-21(3)29(22(4)13-19)26-16-27(34(8,9)10)32(33-31(26)35-25(7)38-33)37-18-36(11)17-28(37)30-23(5)14-20(2)15-24(30)6;1-2/h12-17H,18H2,1-11H3;1-2H3. The summed E-state index contributed by atoms with van der Waals surface area (Å²) in [6.45, 7) is 27.3. The van der Waals surface area contributed by atoms with Gasteiger partial charge in [-0.25, -0.2) is 4.98 Å². The zero-order valence-corrected chi connectivity index (χ0v) is 27.7. The molecule has 0 unspecified atom stereocenters. The topological polar surface area (TPSA) is 19.4 Å². The Balaban J connectivity index is 0.00000181. The van der Waals surface area contributed by atoms with Crippen LogP contribution >= 0.6 is 11.3 Å². The Morgan fingerprint density at radius 1 is 0.750 bits per heavy atom. The smallest absolute Gasteiger partial charge is 0.0945 e. The molecule has 0 spiro atoms. The van der Waals surface area contributed by atoms with E-state index >= 15 is 0 Å². The van der Waals surface area contributed by atoms with Crippen molar-refractivity contribution in [2.24, 2.45) is 0 Å². The first-order chi connectivity index (χ1) is 18.8. The highest BCUT2D eigenvalue weighted by atomic mass is 32.1. The fourth-order valence-corrected chi connectivity index (χ4v) is 7.40. The van der Waals surface area contributed by atoms with Gasteiger partial charge in [0.2, 0.25) is 0 Å². The number of aryl methyl sites for hydroxylation is 7. The SMILES string of the molecule is CC.Cc1cc(C)c(C2=CN(C)CN2c2c(C(C)(C)C)cc(-c3c(C)cc(C)cc3C)c3nc(C)sc23)c(C)c1. The molecule has 0 aliphatic carbocycles. The maximum atomic E-state index is 5.17. The summed E-state index contributed by atoms with van der Waals surface area (Å²) < 4.78 is 1.29. The van der Waals surface area contributed by atoms with Crippen molar-refractivity contribution in [3.8, 4) is 11.1 Å². The fraction of sp³-hybridized carbons (Fsp3) is 0.417. The monoisotopic (exact) mass is 553 g/mol. The number of hydrogen-bond acceptors (Lipinski definition) is 4. The summed E-state index contributed by atoms with van der Waals surface area (Å²) in [5, 5.41) is 1.11. The van der Waals surface area contributed by atoms with Gasteiger partial charge in [0.05, 0.1) is 33.3 Å². The molecule has 4 heteroatoms. The minimum atomic E-state index is -0.0493. The van der Waals surface area contributed by atoms with Gasteiger partial charge < -0.3 is 9.80 Å². The Morgan fingerprint density at radius 2 is 1.25 bits per heavy atom. The molecule has 0 bridgehead atoms. The lowest BCUT2D eigenvalue weighted by molar-refractivity contribution is 0.494. The molecule has 0 amide bonds. The van der Waals surface area contributed by atoms with Crippen molar-refractivity contribution in [2.75, 3.05) is 18.6 Å². The van der Waals surface area contributed by atoms with Gasteiger partial charge in [0, 0.05) is 24.4 Å². The second kappa shape index (κ2) is 11.0. The first kappa shape index (κ1) is 29.9. The van der Waals surface area contributed by atoms with Gasteiger partial charge in [-0.3, -0.25) is 0 Å². The lowest BCUT2D eigenvalue weighted by Crippen LogP contribution is -2.28. The van der Waals surface area contributed by atoms with Crippen molar-refractivity contribution >= 4 is 32.9 Å². The number of rotatable bonds is 3. The van der Waals surface area contributed by atoms with E-state index in [1.807, 2.05) is 25.2 Å². The number of nitrogens with zero attached hydrogens (tertiary/aromatic N) is 3. The number of fused-ring (bicyclic) bond motifs is 1. The first-order valence-electron chi connectivity index (χ1n) is 14.6. The molecular weight excluding hydrogens is 506 g/mol. The second-order valence-corrected chi connectivity index (χ2v) is 13.6. The van der Waals surface area contributed by atoms with E-state index < -0.39 is 0 Å². The summed E-state index contributed by atoms with van der Waals surface area (Å²) in [7, 11) is 2.18. The average Bonchev–Trinajstić information content (AvgIpc) is 3.40. The van der Waals surface area contributed by atoms with Crippen LogP contribution in [0.5, 0.6) is 0 Å². The van der Waals surface area contributed by atoms with E-state index in [4.69, 9.17) is 4.98 Å². The third kappa shape index (κ3) is 5.31. The molecule has 0 saturated carbocycles. The zero-order valence-electron chi connectivity index (χ0n) is 26.9. The van der Waals surface area contributed by atoms with Crippen LogP contribution in [0.25, 0.3) is 27.0 Å². The van der Waals surface area contributed by atoms with Crippen LogP contribution in [0.1, 0.15) is 84.1 Å². The number of anilines is 1. The van der Waals surface area contributed by atoms with Crippen LogP contribution in [0.2, 0.25) is 0 Å². The van der Waals surface area contributed by atoms with Crippen LogP contribution < -0.4 is 4.90 Å². The minimum Gasteiger partial charge on any atom is -0.361 e. The highest BCUT2D eigenvalue weighted by Gasteiger charge is 2.33. The predicted octanol–water partition coefficient (Wildman–Crippen LogP) is 10.2. The van der Waals surface area contributed by atoms with Crippen LogP contribution in [0.15, 0.2) is 36.5 Å². The summed E-state index contributed by atoms with van der Waals surface area (Å²) in [5.74, 6) is 0. The summed E-state index contributed by atoms with van der Waals surface area (Å²) in [4.78, 5) is 10.0. The van der Waals surface area contributed by atoms with Crippen molar-refractivity contribution in [1.29, 1.82) is 0 Å². The molecule has 1 aliphatic rings. The first-order valence-corrected chi connectivity index (χ1v) is 15.4. The Labute approximate surface area is 246 Å². The maximum Gasteiger partial charge on any atom is 0.0945 e. The van der Waals surface area contributed by atoms with E-state index in [2.05, 4.69) is 123 Å². The fourth-order valence-electron chi connectivity index (χ4n) is 6.40. The molecule has 3 nitrogen and oxygen atoms in total. The van der Waals surface area contributed by atoms with Gasteiger partial charge in [0.25, 0.3) is 0 Å². The molecule has 3 aromatic carbocycles. The van der Waals surface area contributed by atoms with Crippen LogP contribution in [0.4, 0.5) is 5.69 Å². The quantitative estimate of drug-likeness (QED) is 0.252. The molecule has 0 saturated heterocycles. The average molecular weight is 554 g/mol. The van der Waals surface area contributed by atoms with Gasteiger partial charge >= 0.3 is 0 Å². The lowest BCUT2D eigenvalue weighted by atomic mass is 9.82. The number of thiazole rings is 1. The van der Waals surface area contributed by atoms with Crippen LogP contribution in [0, 0.1) is 48.5 Å². The molecule has 212 valence electrons. The van der Waals surface area contributed by atoms with Gasteiger partial charge in [-0.2, -0.15) is 0 Å². The molecule has 2 heterocycles. The molecule has 1 aliphatic heterocycles. The molecule has 0 fully saturated rings. The number of aromatic nitrogens is 1. The van der Waals surface area contributed by atoms with E-state index in [1.54, 1.807) is 0 Å². The van der Waals surface area contributed by atoms with Crippen molar-refractivity contribution in [2.45, 2.75) is 88.5 Å². The molecule has 0 radical (unpaired) electrons. The lowest BCUT2D eigenvalue weighted by Gasteiger charge is -2.32. The summed E-state index contributed by atoms with van der Waals surface area (Å²) in [6, 6.07) is 11.7. The molecule has 0 atom stereocenters. The third-order valence-electron chi connectivity index (χ3n) is 7.70. The van der Waals surface area contributed by atoms with E-state index in [1.165, 1.54) is 71.7 Å². The second-order valence-electron chi connectivity index (χ2n) is 12.4. The van der Waals surface area contributed by atoms with Crippen LogP contribution in [-0.2, 0) is 5.41 Å². The van der Waals surface area contributed by atoms with Gasteiger partial charge in [-0.1, -0.05) is 70.0 Å². The highest BCUT2D eigenvalue weighted by molar-refractivity contribution is 7.19. The number of hydrogen-bond donors (Lipinski definition) is 0. The highest BCUT2D eigenvalue weighted by Crippen LogP contribution is 2.49. The van der Waals surface area contributed by atoms with Gasteiger partial charge in [0.15, 0.2) is 0 Å². The van der Waals surface area contributed by atoms with Crippen molar-refractivity contribution in [1.82, 2.24) is 9.88 Å². The van der Waals surface area contributed by atoms with Gasteiger partial charge in [-0.05, 0) is 93.3 Å². The van der Waals surface area contributed by atoms with Crippen LogP contribution in [0.3, 0.4) is 0 Å². The van der Waals surface area contributed by atoms with Crippen LogP contribution in [-0.4, -0.2) is 23.6 Å². The Kier molecular flexibility index (Phi) is 8.25. The van der Waals surface area contributed by atoms with E-state index in [0.717, 1.165) is 17.2 Å². The van der Waals surface area contributed by atoms with Crippen molar-refractivity contribution in [3.63, 3.8) is 0 Å². The maximum absolute atomic E-state index is 5.17. The Bertz CT molecular complexity index is 1570.